The average Bonchev–Trinajstić information content (AvgIpc) is 3.49. The Morgan fingerprint density at radius 1 is 0.966 bits per heavy atom. The Morgan fingerprint density at radius 3 is 2.33 bits per heavy atom. The van der Waals surface area contributed by atoms with Gasteiger partial charge in [-0.3, -0.25) is 19.2 Å². The van der Waals surface area contributed by atoms with Crippen molar-refractivity contribution in [3.8, 4) is 5.75 Å². The van der Waals surface area contributed by atoms with Crippen LogP contribution in [-0.4, -0.2) is 84.0 Å². The standard InChI is InChI=1S/C45H71N5O8/c1-4-5-6-7-8-9-10-11-12-13-14-15-16-17-18-29-39(52)46-30-23-22-27-37(43(55)58-34(2)32-40(53)48-36-26-21-24-31-47-41(36)54)49-44(56)45(3)33-57-42(50-45)35-25-19-20-28-38(35)51/h18-20,25,28-29,34,36-37,51H,4-17,21-24,26-27,30-33H2,1-3H3,(H,46,52)(H,47,54)(H,48,53)(H,49,56)/b29-18-. The van der Waals surface area contributed by atoms with Gasteiger partial charge in [-0.25, -0.2) is 9.79 Å². The van der Waals surface area contributed by atoms with Crippen LogP contribution in [0, 0.1) is 0 Å². The molecular formula is C45H71N5O8. The third kappa shape index (κ3) is 18.4. The van der Waals surface area contributed by atoms with Crippen LogP contribution in [0.15, 0.2) is 41.4 Å². The lowest BCUT2D eigenvalue weighted by Gasteiger charge is -2.24. The van der Waals surface area contributed by atoms with Gasteiger partial charge >= 0.3 is 5.97 Å². The minimum absolute atomic E-state index is 0.0394. The summed E-state index contributed by atoms with van der Waals surface area (Å²) in [4.78, 5) is 69.0. The maximum atomic E-state index is 13.6. The van der Waals surface area contributed by atoms with Gasteiger partial charge in [0.1, 0.15) is 30.5 Å². The third-order valence-corrected chi connectivity index (χ3v) is 10.7. The number of carbonyl (C=O) groups is 5. The highest BCUT2D eigenvalue weighted by molar-refractivity contribution is 6.02. The molecule has 13 nitrogen and oxygen atoms in total. The number of aromatic hydroxyl groups is 1. The second-order valence-corrected chi connectivity index (χ2v) is 16.1. The maximum Gasteiger partial charge on any atom is 0.328 e. The number of aliphatic imine (C=N–C) groups is 1. The third-order valence-electron chi connectivity index (χ3n) is 10.7. The molecule has 0 aliphatic carbocycles. The molecule has 2 aliphatic rings. The van der Waals surface area contributed by atoms with Gasteiger partial charge in [-0.2, -0.15) is 0 Å². The summed E-state index contributed by atoms with van der Waals surface area (Å²) in [6, 6.07) is 4.81. The van der Waals surface area contributed by atoms with Crippen molar-refractivity contribution in [2.45, 2.75) is 179 Å². The van der Waals surface area contributed by atoms with E-state index in [1.807, 2.05) is 6.08 Å². The Morgan fingerprint density at radius 2 is 1.64 bits per heavy atom. The minimum atomic E-state index is -1.38. The van der Waals surface area contributed by atoms with Crippen LogP contribution < -0.4 is 21.3 Å². The van der Waals surface area contributed by atoms with Crippen molar-refractivity contribution >= 4 is 35.5 Å². The van der Waals surface area contributed by atoms with E-state index in [-0.39, 0.29) is 42.9 Å². The largest absolute Gasteiger partial charge is 0.507 e. The number of unbranched alkanes of at least 4 members (excludes halogenated alkanes) is 14. The van der Waals surface area contributed by atoms with E-state index in [2.05, 4.69) is 33.2 Å². The van der Waals surface area contributed by atoms with Gasteiger partial charge in [0.25, 0.3) is 5.91 Å². The zero-order valence-electron chi connectivity index (χ0n) is 35.4. The molecule has 3 rings (SSSR count). The van der Waals surface area contributed by atoms with E-state index in [1.54, 1.807) is 38.1 Å². The maximum absolute atomic E-state index is 13.6. The summed E-state index contributed by atoms with van der Waals surface area (Å²) < 4.78 is 11.3. The molecule has 1 fully saturated rings. The van der Waals surface area contributed by atoms with Gasteiger partial charge in [-0.15, -0.1) is 0 Å². The smallest absolute Gasteiger partial charge is 0.328 e. The molecule has 13 heteroatoms. The number of nitrogens with zero attached hydrogens (tertiary/aromatic N) is 1. The Balaban J connectivity index is 1.42. The molecule has 5 N–H and O–H groups in total. The summed E-state index contributed by atoms with van der Waals surface area (Å²) in [5, 5.41) is 21.5. The van der Waals surface area contributed by atoms with Crippen LogP contribution in [0.4, 0.5) is 0 Å². The van der Waals surface area contributed by atoms with Crippen molar-refractivity contribution in [2.75, 3.05) is 19.7 Å². The number of benzene rings is 1. The average molecular weight is 810 g/mol. The first-order valence-corrected chi connectivity index (χ1v) is 22.1. The summed E-state index contributed by atoms with van der Waals surface area (Å²) in [6.45, 7) is 6.28. The molecule has 0 radical (unpaired) electrons. The zero-order chi connectivity index (χ0) is 42.0. The highest BCUT2D eigenvalue weighted by Gasteiger charge is 2.42. The van der Waals surface area contributed by atoms with Gasteiger partial charge < -0.3 is 35.8 Å². The van der Waals surface area contributed by atoms with E-state index in [0.717, 1.165) is 25.7 Å². The van der Waals surface area contributed by atoms with Crippen LogP contribution in [0.1, 0.15) is 161 Å². The van der Waals surface area contributed by atoms with Gasteiger partial charge in [-0.05, 0) is 83.4 Å². The number of carbonyl (C=O) groups excluding carboxylic acids is 5. The Labute approximate surface area is 346 Å². The second kappa shape index (κ2) is 27.3. The molecule has 58 heavy (non-hydrogen) atoms. The fraction of sp³-hybridized carbons (Fsp3) is 0.689. The number of amides is 4. The van der Waals surface area contributed by atoms with Crippen molar-refractivity contribution in [2.24, 2.45) is 4.99 Å². The number of hydrogen-bond donors (Lipinski definition) is 5. The van der Waals surface area contributed by atoms with Gasteiger partial charge in [-0.1, -0.05) is 102 Å². The number of hydrogen-bond acceptors (Lipinski definition) is 9. The van der Waals surface area contributed by atoms with Crippen LogP contribution >= 0.6 is 0 Å². The Hall–Kier alpha value is -4.42. The molecular weight excluding hydrogens is 739 g/mol. The molecule has 0 bridgehead atoms. The topological polar surface area (TPSA) is 185 Å². The first-order valence-electron chi connectivity index (χ1n) is 22.1. The number of rotatable bonds is 28. The van der Waals surface area contributed by atoms with Crippen LogP contribution in [0.5, 0.6) is 5.75 Å². The highest BCUT2D eigenvalue weighted by atomic mass is 16.5. The summed E-state index contributed by atoms with van der Waals surface area (Å²) in [5.41, 5.74) is -1.03. The number of nitrogens with one attached hydrogen (secondary N) is 4. The van der Waals surface area contributed by atoms with Crippen molar-refractivity contribution in [3.05, 3.63) is 42.0 Å². The summed E-state index contributed by atoms with van der Waals surface area (Å²) in [6.07, 6.45) is 23.7. The Bertz CT molecular complexity index is 1500. The summed E-state index contributed by atoms with van der Waals surface area (Å²) in [7, 11) is 0. The predicted molar refractivity (Wildman–Crippen MR) is 226 cm³/mol. The fourth-order valence-electron chi connectivity index (χ4n) is 7.10. The summed E-state index contributed by atoms with van der Waals surface area (Å²) >= 11 is 0. The van der Waals surface area contributed by atoms with Crippen LogP contribution in [0.2, 0.25) is 0 Å². The van der Waals surface area contributed by atoms with E-state index in [1.165, 1.54) is 83.1 Å². The molecule has 2 heterocycles. The van der Waals surface area contributed by atoms with Gasteiger partial charge in [0.05, 0.1) is 12.0 Å². The van der Waals surface area contributed by atoms with Crippen molar-refractivity contribution in [3.63, 3.8) is 0 Å². The summed E-state index contributed by atoms with van der Waals surface area (Å²) in [5.74, 6) is -2.01. The SMILES string of the molecule is CCCCCCCCCCCCCCC/C=C\C(=O)NCCCCC(NC(=O)C1(C)COC(c2ccccc2O)=N1)C(=O)OC(C)CC(=O)NC1CCCCNC1=O. The first-order chi connectivity index (χ1) is 28.0. The van der Waals surface area contributed by atoms with Crippen molar-refractivity contribution in [1.29, 1.82) is 0 Å². The van der Waals surface area contributed by atoms with E-state index in [0.29, 0.717) is 37.9 Å². The number of ether oxygens (including phenoxy) is 2. The lowest BCUT2D eigenvalue weighted by Crippen LogP contribution is -2.51. The molecule has 324 valence electrons. The Kier molecular flexibility index (Phi) is 22.6. The quantitative estimate of drug-likeness (QED) is 0.0346. The molecule has 0 aromatic heterocycles. The molecule has 0 spiro atoms. The molecule has 4 unspecified atom stereocenters. The van der Waals surface area contributed by atoms with Gasteiger partial charge in [0, 0.05) is 13.1 Å². The number of esters is 1. The molecule has 1 saturated heterocycles. The number of para-hydroxylation sites is 1. The number of phenolic OH excluding ortho intramolecular Hbond substituents is 1. The zero-order valence-corrected chi connectivity index (χ0v) is 35.4. The number of allylic oxidation sites excluding steroid dienone is 1. The molecule has 4 atom stereocenters. The van der Waals surface area contributed by atoms with Crippen molar-refractivity contribution < 1.29 is 38.6 Å². The van der Waals surface area contributed by atoms with E-state index >= 15 is 0 Å². The fourth-order valence-corrected chi connectivity index (χ4v) is 7.10. The normalized spacial score (nSPS) is 19.0. The van der Waals surface area contributed by atoms with E-state index < -0.39 is 41.5 Å². The number of phenols is 1. The highest BCUT2D eigenvalue weighted by Crippen LogP contribution is 2.26. The second-order valence-electron chi connectivity index (χ2n) is 16.1. The lowest BCUT2D eigenvalue weighted by molar-refractivity contribution is -0.154. The molecule has 0 saturated carbocycles. The first kappa shape index (κ1) is 48.0. The molecule has 1 aromatic rings. The van der Waals surface area contributed by atoms with Crippen LogP contribution in [-0.2, 0) is 33.4 Å². The van der Waals surface area contributed by atoms with Crippen LogP contribution in [0.3, 0.4) is 0 Å². The van der Waals surface area contributed by atoms with Gasteiger partial charge in [0.2, 0.25) is 23.6 Å². The molecule has 2 aliphatic heterocycles. The van der Waals surface area contributed by atoms with E-state index in [4.69, 9.17) is 9.47 Å². The molecule has 4 amide bonds. The predicted octanol–water partition coefficient (Wildman–Crippen LogP) is 6.84. The van der Waals surface area contributed by atoms with Crippen LogP contribution in [0.25, 0.3) is 0 Å². The van der Waals surface area contributed by atoms with E-state index in [9.17, 15) is 29.1 Å². The minimum Gasteiger partial charge on any atom is -0.507 e. The monoisotopic (exact) mass is 810 g/mol. The van der Waals surface area contributed by atoms with Gasteiger partial charge in [0.15, 0.2) is 5.54 Å². The van der Waals surface area contributed by atoms with Crippen molar-refractivity contribution in [1.82, 2.24) is 21.3 Å². The lowest BCUT2D eigenvalue weighted by atomic mass is 10.0. The molecule has 1 aromatic carbocycles.